The molecule has 0 atom stereocenters. The largest absolute Gasteiger partial charge is 1.00 e. The van der Waals surface area contributed by atoms with Crippen molar-refractivity contribution in [2.24, 2.45) is 0 Å². The quantitative estimate of drug-likeness (QED) is 0.581. The van der Waals surface area contributed by atoms with Crippen LogP contribution in [0.2, 0.25) is 0 Å². The van der Waals surface area contributed by atoms with E-state index in [0.29, 0.717) is 5.54 Å². The number of hydrogen-bond donors (Lipinski definition) is 1. The molecule has 0 unspecified atom stereocenters. The topological polar surface area (TPSA) is 16.6 Å². The van der Waals surface area contributed by atoms with Crippen molar-refractivity contribution in [3.05, 3.63) is 0 Å². The summed E-state index contributed by atoms with van der Waals surface area (Å²) in [5.41, 5.74) is 0.576. The van der Waals surface area contributed by atoms with Gasteiger partial charge in [0.1, 0.15) is 0 Å². The molecule has 0 aliphatic heterocycles. The Balaban J connectivity index is 0. The predicted octanol–water partition coefficient (Wildman–Crippen LogP) is -0.287. The predicted molar refractivity (Wildman–Crippen MR) is 59.9 cm³/mol. The molecule has 0 rings (SSSR count). The van der Waals surface area contributed by atoms with E-state index in [0.717, 1.165) is 0 Å². The van der Waals surface area contributed by atoms with Crippen molar-refractivity contribution in [1.29, 1.82) is 0 Å². The van der Waals surface area contributed by atoms with E-state index in [9.17, 15) is 0 Å². The Morgan fingerprint density at radius 2 is 1.14 bits per heavy atom. The van der Waals surface area contributed by atoms with Gasteiger partial charge in [0.05, 0.1) is 12.1 Å². The summed E-state index contributed by atoms with van der Waals surface area (Å²) in [7, 11) is 0. The second-order valence-corrected chi connectivity index (χ2v) is 4.22. The van der Waals surface area contributed by atoms with E-state index >= 15 is 0 Å². The smallest absolute Gasteiger partial charge is 0.0960 e. The summed E-state index contributed by atoms with van der Waals surface area (Å²) in [4.78, 5) is 0. The van der Waals surface area contributed by atoms with Crippen LogP contribution in [0.25, 0.3) is 0 Å². The van der Waals surface area contributed by atoms with Crippen LogP contribution in [0, 0.1) is 0 Å². The monoisotopic (exact) mass is 221 g/mol. The van der Waals surface area contributed by atoms with Gasteiger partial charge in [-0.25, -0.2) is 0 Å². The average molecular weight is 222 g/mol. The van der Waals surface area contributed by atoms with E-state index in [1.165, 1.54) is 45.1 Å². The fourth-order valence-electron chi connectivity index (χ4n) is 2.61. The number of hydrogen-bond acceptors (Lipinski definition) is 0. The number of quaternary nitrogens is 1. The molecule has 0 aliphatic rings. The molecule has 0 heterocycles. The molecular weight excluding hydrogens is 194 g/mol. The number of rotatable bonds is 8. The Labute approximate surface area is 96.5 Å². The molecule has 0 radical (unpaired) electrons. The highest BCUT2D eigenvalue weighted by molar-refractivity contribution is 4.75. The molecular formula is C12H28ClN. The van der Waals surface area contributed by atoms with Crippen LogP contribution in [0.15, 0.2) is 0 Å². The third-order valence-corrected chi connectivity index (χ3v) is 2.88. The lowest BCUT2D eigenvalue weighted by atomic mass is 9.84. The maximum atomic E-state index is 2.57. The second-order valence-electron chi connectivity index (χ2n) is 4.22. The van der Waals surface area contributed by atoms with Gasteiger partial charge in [-0.15, -0.1) is 0 Å². The first-order valence-corrected chi connectivity index (χ1v) is 6.09. The molecule has 0 amide bonds. The van der Waals surface area contributed by atoms with Crippen molar-refractivity contribution < 1.29 is 17.7 Å². The zero-order valence-corrected chi connectivity index (χ0v) is 11.2. The van der Waals surface area contributed by atoms with Gasteiger partial charge in [-0.2, -0.15) is 0 Å². The van der Waals surface area contributed by atoms with Crippen LogP contribution in [0.5, 0.6) is 0 Å². The molecule has 0 aromatic carbocycles. The highest BCUT2D eigenvalue weighted by atomic mass is 35.5. The minimum Gasteiger partial charge on any atom is -1.00 e. The number of halogens is 1. The van der Waals surface area contributed by atoms with Crippen LogP contribution < -0.4 is 17.7 Å². The normalized spacial score (nSPS) is 11.1. The fourth-order valence-corrected chi connectivity index (χ4v) is 2.61. The molecule has 14 heavy (non-hydrogen) atoms. The third-order valence-electron chi connectivity index (χ3n) is 2.88. The summed E-state index contributed by atoms with van der Waals surface area (Å²) < 4.78 is 0. The van der Waals surface area contributed by atoms with Gasteiger partial charge in [-0.3, -0.25) is 0 Å². The lowest BCUT2D eigenvalue weighted by molar-refractivity contribution is -0.728. The first-order valence-electron chi connectivity index (χ1n) is 6.09. The standard InChI is InChI=1S/C12H27N.ClH/c1-5-9-12(10-6-2,11-7-3)13-8-4;/h13H,5-11H2,1-4H3;1H. The zero-order valence-electron chi connectivity index (χ0n) is 10.4. The van der Waals surface area contributed by atoms with Crippen molar-refractivity contribution in [2.75, 3.05) is 6.54 Å². The van der Waals surface area contributed by atoms with Crippen molar-refractivity contribution in [1.82, 2.24) is 0 Å². The Morgan fingerprint density at radius 3 is 1.36 bits per heavy atom. The van der Waals surface area contributed by atoms with Crippen molar-refractivity contribution in [2.45, 2.75) is 71.8 Å². The SMILES string of the molecule is CCCC(CCC)(CCC)[NH2+]CC.[Cl-]. The third kappa shape index (κ3) is 5.87. The minimum atomic E-state index is 0. The van der Waals surface area contributed by atoms with Gasteiger partial charge in [0.15, 0.2) is 0 Å². The summed E-state index contributed by atoms with van der Waals surface area (Å²) in [5, 5.41) is 2.57. The van der Waals surface area contributed by atoms with Crippen LogP contribution in [0.4, 0.5) is 0 Å². The lowest BCUT2D eigenvalue weighted by Crippen LogP contribution is -3.00. The van der Waals surface area contributed by atoms with Crippen LogP contribution in [-0.2, 0) is 0 Å². The Kier molecular flexibility index (Phi) is 11.7. The van der Waals surface area contributed by atoms with Crippen LogP contribution >= 0.6 is 0 Å². The molecule has 88 valence electrons. The van der Waals surface area contributed by atoms with Gasteiger partial charge in [0.2, 0.25) is 0 Å². The van der Waals surface area contributed by atoms with Gasteiger partial charge in [0.25, 0.3) is 0 Å². The molecule has 0 aliphatic carbocycles. The summed E-state index contributed by atoms with van der Waals surface area (Å²) in [6.45, 7) is 10.4. The molecule has 2 heteroatoms. The first kappa shape index (κ1) is 16.7. The van der Waals surface area contributed by atoms with Crippen LogP contribution in [0.3, 0.4) is 0 Å². The van der Waals surface area contributed by atoms with Gasteiger partial charge in [0, 0.05) is 19.3 Å². The maximum absolute atomic E-state index is 2.57. The summed E-state index contributed by atoms with van der Waals surface area (Å²) in [6.07, 6.45) is 8.16. The van der Waals surface area contributed by atoms with E-state index in [2.05, 4.69) is 33.0 Å². The van der Waals surface area contributed by atoms with Gasteiger partial charge in [-0.05, 0) is 6.92 Å². The van der Waals surface area contributed by atoms with Crippen molar-refractivity contribution in [3.8, 4) is 0 Å². The Hall–Kier alpha value is 0.250. The van der Waals surface area contributed by atoms with Crippen molar-refractivity contribution in [3.63, 3.8) is 0 Å². The molecule has 0 spiro atoms. The van der Waals surface area contributed by atoms with E-state index in [4.69, 9.17) is 0 Å². The molecule has 0 bridgehead atoms. The number of nitrogens with two attached hydrogens (primary N) is 1. The van der Waals surface area contributed by atoms with Crippen molar-refractivity contribution >= 4 is 0 Å². The first-order chi connectivity index (χ1) is 6.24. The lowest BCUT2D eigenvalue weighted by Gasteiger charge is -2.30. The summed E-state index contributed by atoms with van der Waals surface area (Å²) >= 11 is 0. The van der Waals surface area contributed by atoms with Gasteiger partial charge < -0.3 is 17.7 Å². The average Bonchev–Trinajstić information content (AvgIpc) is 2.06. The fraction of sp³-hybridized carbons (Fsp3) is 1.00. The Bertz CT molecular complexity index is 85.4. The molecule has 0 fully saturated rings. The zero-order chi connectivity index (χ0) is 10.2. The highest BCUT2D eigenvalue weighted by Gasteiger charge is 2.29. The second kappa shape index (κ2) is 9.79. The van der Waals surface area contributed by atoms with Crippen LogP contribution in [0.1, 0.15) is 66.2 Å². The molecule has 0 aromatic heterocycles. The Morgan fingerprint density at radius 1 is 0.786 bits per heavy atom. The maximum Gasteiger partial charge on any atom is 0.0960 e. The van der Waals surface area contributed by atoms with E-state index in [1.807, 2.05) is 0 Å². The minimum absolute atomic E-state index is 0. The van der Waals surface area contributed by atoms with E-state index in [1.54, 1.807) is 0 Å². The highest BCUT2D eigenvalue weighted by Crippen LogP contribution is 2.20. The molecule has 0 saturated carbocycles. The summed E-state index contributed by atoms with van der Waals surface area (Å²) in [5.74, 6) is 0. The van der Waals surface area contributed by atoms with Gasteiger partial charge in [-0.1, -0.05) is 40.0 Å². The molecule has 0 aromatic rings. The molecule has 0 saturated heterocycles. The van der Waals surface area contributed by atoms with Gasteiger partial charge >= 0.3 is 0 Å². The van der Waals surface area contributed by atoms with E-state index in [-0.39, 0.29) is 12.4 Å². The van der Waals surface area contributed by atoms with E-state index < -0.39 is 0 Å². The van der Waals surface area contributed by atoms with Crippen LogP contribution in [-0.4, -0.2) is 12.1 Å². The molecule has 2 N–H and O–H groups in total. The summed E-state index contributed by atoms with van der Waals surface area (Å²) in [6, 6.07) is 0. The molecule has 1 nitrogen and oxygen atoms in total.